The van der Waals surface area contributed by atoms with Gasteiger partial charge in [-0.2, -0.15) is 18.3 Å². The van der Waals surface area contributed by atoms with Crippen molar-refractivity contribution in [2.45, 2.75) is 56.5 Å². The van der Waals surface area contributed by atoms with Crippen LogP contribution in [0.5, 0.6) is 5.75 Å². The normalized spacial score (nSPS) is 17.7. The molecule has 5 rings (SSSR count). The number of aryl methyl sites for hydroxylation is 2. The lowest BCUT2D eigenvalue weighted by molar-refractivity contribution is -0.153. The van der Waals surface area contributed by atoms with E-state index in [4.69, 9.17) is 4.74 Å². The van der Waals surface area contributed by atoms with Gasteiger partial charge in [0, 0.05) is 18.7 Å². The zero-order valence-electron chi connectivity index (χ0n) is 21.0. The van der Waals surface area contributed by atoms with Crippen molar-refractivity contribution in [1.29, 1.82) is 0 Å². The number of carbonyl (C=O) groups is 2. The molecule has 9 nitrogen and oxygen atoms in total. The Morgan fingerprint density at radius 1 is 1.26 bits per heavy atom. The summed E-state index contributed by atoms with van der Waals surface area (Å²) in [5.74, 6) is -0.689. The number of halogens is 3. The number of alkyl halides is 3. The van der Waals surface area contributed by atoms with Crippen LogP contribution in [0.4, 0.5) is 13.2 Å². The van der Waals surface area contributed by atoms with Crippen LogP contribution in [0.2, 0.25) is 0 Å². The number of hydrogen-bond acceptors (Lipinski definition) is 6. The summed E-state index contributed by atoms with van der Waals surface area (Å²) in [6.45, 7) is 0.494. The second-order valence-corrected chi connectivity index (χ2v) is 11.1. The number of hydrogen-bond donors (Lipinski definition) is 2. The zero-order chi connectivity index (χ0) is 27.7. The Bertz CT molecular complexity index is 1420. The number of nitrogens with one attached hydrogen (secondary N) is 2. The predicted octanol–water partition coefficient (Wildman–Crippen LogP) is 3.36. The van der Waals surface area contributed by atoms with E-state index in [0.29, 0.717) is 30.8 Å². The van der Waals surface area contributed by atoms with Gasteiger partial charge in [-0.15, -0.1) is 0 Å². The van der Waals surface area contributed by atoms with Crippen LogP contribution in [-0.4, -0.2) is 54.9 Å². The lowest BCUT2D eigenvalue weighted by atomic mass is 9.95. The van der Waals surface area contributed by atoms with Gasteiger partial charge >= 0.3 is 6.18 Å². The molecule has 0 spiro atoms. The molecule has 1 fully saturated rings. The summed E-state index contributed by atoms with van der Waals surface area (Å²) in [6.07, 6.45) is 0.00671. The van der Waals surface area contributed by atoms with Gasteiger partial charge in [-0.1, -0.05) is 18.2 Å². The van der Waals surface area contributed by atoms with Gasteiger partial charge in [0.15, 0.2) is 12.4 Å². The third-order valence-electron chi connectivity index (χ3n) is 6.39. The maximum absolute atomic E-state index is 13.2. The summed E-state index contributed by atoms with van der Waals surface area (Å²) < 4.78 is 58.5. The molecule has 0 radical (unpaired) electrons. The van der Waals surface area contributed by atoms with Crippen LogP contribution < -0.4 is 14.8 Å². The Kier molecular flexibility index (Phi) is 7.43. The standard InChI is InChI=1S/C26H26F3N5O4S/c1-15-5-10-21(30-13-15)34-23(25(36)33-39(37)19-8-9-19)22-20(32-34)12-17(31-24(22)35)7-6-16-3-2-4-18(11-16)38-14-26(27,28)29/h2-5,10-11,13,17,19H,6-9,12,14H2,1H3,(H,31,35)(H,33,36). The van der Waals surface area contributed by atoms with E-state index in [-0.39, 0.29) is 28.3 Å². The third kappa shape index (κ3) is 6.47. The Hall–Kier alpha value is -3.74. The first kappa shape index (κ1) is 26.9. The molecular formula is C26H26F3N5O4S. The van der Waals surface area contributed by atoms with Gasteiger partial charge in [-0.25, -0.2) is 13.9 Å². The molecule has 1 aliphatic heterocycles. The molecule has 2 aliphatic rings. The maximum Gasteiger partial charge on any atom is 0.422 e. The van der Waals surface area contributed by atoms with Crippen LogP contribution >= 0.6 is 0 Å². The fraction of sp³-hybridized carbons (Fsp3) is 0.385. The van der Waals surface area contributed by atoms with Crippen LogP contribution in [-0.2, 0) is 23.8 Å². The third-order valence-corrected chi connectivity index (χ3v) is 7.85. The van der Waals surface area contributed by atoms with Gasteiger partial charge < -0.3 is 10.1 Å². The van der Waals surface area contributed by atoms with E-state index in [9.17, 15) is 27.0 Å². The summed E-state index contributed by atoms with van der Waals surface area (Å²) >= 11 is 0. The smallest absolute Gasteiger partial charge is 0.422 e. The molecule has 0 bridgehead atoms. The fourth-order valence-electron chi connectivity index (χ4n) is 4.32. The number of carbonyl (C=O) groups excluding carboxylic acids is 2. The van der Waals surface area contributed by atoms with Crippen LogP contribution in [0.15, 0.2) is 42.6 Å². The van der Waals surface area contributed by atoms with Crippen molar-refractivity contribution in [3.05, 3.63) is 70.7 Å². The molecule has 1 aliphatic carbocycles. The van der Waals surface area contributed by atoms with E-state index in [1.165, 1.54) is 10.7 Å². The highest BCUT2D eigenvalue weighted by molar-refractivity contribution is 7.84. The zero-order valence-corrected chi connectivity index (χ0v) is 21.8. The van der Waals surface area contributed by atoms with Gasteiger partial charge in [0.05, 0.1) is 16.5 Å². The second kappa shape index (κ2) is 10.8. The van der Waals surface area contributed by atoms with E-state index in [0.717, 1.165) is 24.0 Å². The van der Waals surface area contributed by atoms with E-state index < -0.39 is 35.6 Å². The van der Waals surface area contributed by atoms with Crippen molar-refractivity contribution in [1.82, 2.24) is 24.8 Å². The number of benzene rings is 1. The number of fused-ring (bicyclic) bond motifs is 1. The first-order valence-corrected chi connectivity index (χ1v) is 13.6. The molecule has 39 heavy (non-hydrogen) atoms. The van der Waals surface area contributed by atoms with Crippen LogP contribution in [0.3, 0.4) is 0 Å². The molecule has 2 unspecified atom stereocenters. The molecule has 2 N–H and O–H groups in total. The van der Waals surface area contributed by atoms with Gasteiger partial charge in [0.2, 0.25) is 0 Å². The van der Waals surface area contributed by atoms with E-state index >= 15 is 0 Å². The molecule has 13 heteroatoms. The SMILES string of the molecule is Cc1ccc(-n2nc3c(c2C(=O)NS(=O)C2CC2)C(=O)NC(CCc2cccc(OCC(F)(F)F)c2)C3)nc1. The molecule has 0 saturated heterocycles. The lowest BCUT2D eigenvalue weighted by Gasteiger charge is -2.23. The number of amides is 2. The number of aromatic nitrogens is 3. The average molecular weight is 562 g/mol. The molecule has 3 aromatic rings. The Morgan fingerprint density at radius 3 is 2.74 bits per heavy atom. The number of ether oxygens (including phenoxy) is 1. The number of nitrogens with zero attached hydrogens (tertiary/aromatic N) is 3. The van der Waals surface area contributed by atoms with Gasteiger partial charge in [0.1, 0.15) is 22.4 Å². The van der Waals surface area contributed by atoms with Gasteiger partial charge in [-0.3, -0.25) is 14.3 Å². The van der Waals surface area contributed by atoms with Crippen molar-refractivity contribution in [2.24, 2.45) is 0 Å². The largest absolute Gasteiger partial charge is 0.484 e. The first-order chi connectivity index (χ1) is 18.6. The summed E-state index contributed by atoms with van der Waals surface area (Å²) in [5, 5.41) is 7.39. The fourth-order valence-corrected chi connectivity index (χ4v) is 5.33. The molecule has 2 amide bonds. The van der Waals surface area contributed by atoms with E-state index in [1.54, 1.807) is 30.5 Å². The van der Waals surface area contributed by atoms with Gasteiger partial charge in [0.25, 0.3) is 11.8 Å². The maximum atomic E-state index is 13.2. The van der Waals surface area contributed by atoms with Crippen LogP contribution in [0.1, 0.15) is 56.9 Å². The number of pyridine rings is 1. The molecule has 3 heterocycles. The topological polar surface area (TPSA) is 115 Å². The number of rotatable bonds is 9. The van der Waals surface area contributed by atoms with E-state index in [2.05, 4.69) is 20.1 Å². The minimum Gasteiger partial charge on any atom is -0.484 e. The van der Waals surface area contributed by atoms with Crippen molar-refractivity contribution in [2.75, 3.05) is 6.61 Å². The highest BCUT2D eigenvalue weighted by Gasteiger charge is 2.37. The quantitative estimate of drug-likeness (QED) is 0.414. The average Bonchev–Trinajstić information content (AvgIpc) is 3.67. The highest BCUT2D eigenvalue weighted by atomic mass is 32.2. The minimum atomic E-state index is -4.43. The molecule has 206 valence electrons. The predicted molar refractivity (Wildman–Crippen MR) is 136 cm³/mol. The van der Waals surface area contributed by atoms with Crippen molar-refractivity contribution in [3.63, 3.8) is 0 Å². The Morgan fingerprint density at radius 2 is 2.05 bits per heavy atom. The second-order valence-electron chi connectivity index (χ2n) is 9.67. The molecule has 1 saturated carbocycles. The summed E-state index contributed by atoms with van der Waals surface area (Å²) in [6, 6.07) is 9.56. The van der Waals surface area contributed by atoms with Crippen molar-refractivity contribution >= 4 is 22.8 Å². The molecule has 2 atom stereocenters. The first-order valence-electron chi connectivity index (χ1n) is 12.4. The van der Waals surface area contributed by atoms with Gasteiger partial charge in [-0.05, 0) is 61.9 Å². The highest BCUT2D eigenvalue weighted by Crippen LogP contribution is 2.28. The van der Waals surface area contributed by atoms with Crippen LogP contribution in [0.25, 0.3) is 5.82 Å². The van der Waals surface area contributed by atoms with Crippen LogP contribution in [0, 0.1) is 6.92 Å². The molecular weight excluding hydrogens is 535 g/mol. The summed E-state index contributed by atoms with van der Waals surface area (Å²) in [5.41, 5.74) is 2.16. The molecule has 2 aromatic heterocycles. The van der Waals surface area contributed by atoms with Crippen molar-refractivity contribution < 1.29 is 31.7 Å². The Balaban J connectivity index is 1.35. The summed E-state index contributed by atoms with van der Waals surface area (Å²) in [4.78, 5) is 30.8. The summed E-state index contributed by atoms with van der Waals surface area (Å²) in [7, 11) is -1.56. The minimum absolute atomic E-state index is 0.0270. The molecule has 1 aromatic carbocycles. The van der Waals surface area contributed by atoms with Crippen molar-refractivity contribution in [3.8, 4) is 11.6 Å². The monoisotopic (exact) mass is 561 g/mol. The lowest BCUT2D eigenvalue weighted by Crippen LogP contribution is -2.42. The Labute approximate surface area is 224 Å². The van der Waals surface area contributed by atoms with E-state index in [1.807, 2.05) is 13.0 Å².